The van der Waals surface area contributed by atoms with Crippen molar-refractivity contribution >= 4 is 5.97 Å². The molecule has 5 nitrogen and oxygen atoms in total. The molecule has 0 amide bonds. The lowest BCUT2D eigenvalue weighted by Gasteiger charge is -2.41. The highest BCUT2D eigenvalue weighted by molar-refractivity contribution is 5.78. The number of benzene rings is 1. The highest BCUT2D eigenvalue weighted by Crippen LogP contribution is 2.36. The number of piperidine rings is 1. The average molecular weight is 386 g/mol. The number of aryl methyl sites for hydroxylation is 1. The van der Waals surface area contributed by atoms with Gasteiger partial charge in [-0.25, -0.2) is 0 Å². The van der Waals surface area contributed by atoms with Crippen LogP contribution in [0, 0.1) is 12.3 Å². The van der Waals surface area contributed by atoms with Gasteiger partial charge in [-0.05, 0) is 62.9 Å². The van der Waals surface area contributed by atoms with Crippen molar-refractivity contribution in [2.75, 3.05) is 26.8 Å². The fourth-order valence-corrected chi connectivity index (χ4v) is 4.15. The molecule has 0 N–H and O–H groups in total. The number of likely N-dealkylation sites (tertiary alicyclic amines) is 1. The van der Waals surface area contributed by atoms with Gasteiger partial charge in [-0.3, -0.25) is 9.69 Å². The molecule has 0 spiro atoms. The van der Waals surface area contributed by atoms with Gasteiger partial charge >= 0.3 is 5.97 Å². The molecule has 1 fully saturated rings. The van der Waals surface area contributed by atoms with Gasteiger partial charge in [0.05, 0.1) is 18.6 Å². The van der Waals surface area contributed by atoms with E-state index in [1.165, 1.54) is 11.1 Å². The van der Waals surface area contributed by atoms with Crippen LogP contribution < -0.4 is 0 Å². The molecule has 1 aromatic heterocycles. The number of hydrogen-bond acceptors (Lipinski definition) is 5. The molecule has 2 heterocycles. The van der Waals surface area contributed by atoms with Gasteiger partial charge in [-0.15, -0.1) is 0 Å². The number of furan rings is 1. The summed E-state index contributed by atoms with van der Waals surface area (Å²) >= 11 is 0. The van der Waals surface area contributed by atoms with E-state index >= 15 is 0 Å². The second-order valence-corrected chi connectivity index (χ2v) is 7.72. The minimum atomic E-state index is -0.512. The summed E-state index contributed by atoms with van der Waals surface area (Å²) in [4.78, 5) is 15.3. The van der Waals surface area contributed by atoms with Crippen molar-refractivity contribution in [1.29, 1.82) is 0 Å². The fourth-order valence-electron chi connectivity index (χ4n) is 4.15. The Kier molecular flexibility index (Phi) is 6.92. The van der Waals surface area contributed by atoms with E-state index in [-0.39, 0.29) is 5.97 Å². The Morgan fingerprint density at radius 2 is 2.00 bits per heavy atom. The summed E-state index contributed by atoms with van der Waals surface area (Å²) < 4.78 is 16.5. The van der Waals surface area contributed by atoms with Crippen LogP contribution >= 0.6 is 0 Å². The number of esters is 1. The van der Waals surface area contributed by atoms with Gasteiger partial charge in [0.25, 0.3) is 0 Å². The topological polar surface area (TPSA) is 51.9 Å². The summed E-state index contributed by atoms with van der Waals surface area (Å²) in [5.74, 6) is 1.65. The zero-order valence-corrected chi connectivity index (χ0v) is 17.2. The Bertz CT molecular complexity index is 784. The Morgan fingerprint density at radius 3 is 2.75 bits per heavy atom. The number of rotatable bonds is 8. The third kappa shape index (κ3) is 4.83. The van der Waals surface area contributed by atoms with Crippen molar-refractivity contribution in [1.82, 2.24) is 4.90 Å². The van der Waals surface area contributed by atoms with Crippen LogP contribution in [0.3, 0.4) is 0 Å². The lowest BCUT2D eigenvalue weighted by atomic mass is 9.74. The number of carbonyl (C=O) groups is 1. The van der Waals surface area contributed by atoms with Crippen LogP contribution in [0.2, 0.25) is 0 Å². The van der Waals surface area contributed by atoms with Crippen molar-refractivity contribution < 1.29 is 18.7 Å². The second-order valence-electron chi connectivity index (χ2n) is 7.72. The maximum Gasteiger partial charge on any atom is 0.313 e. The first-order valence-corrected chi connectivity index (χ1v) is 10.1. The molecule has 0 radical (unpaired) electrons. The molecule has 1 atom stereocenters. The second kappa shape index (κ2) is 9.39. The van der Waals surface area contributed by atoms with Crippen molar-refractivity contribution in [2.24, 2.45) is 5.41 Å². The summed E-state index contributed by atoms with van der Waals surface area (Å²) in [7, 11) is 1.66. The Morgan fingerprint density at radius 1 is 1.21 bits per heavy atom. The maximum absolute atomic E-state index is 13.0. The van der Waals surface area contributed by atoms with Crippen LogP contribution in [0.25, 0.3) is 0 Å². The van der Waals surface area contributed by atoms with E-state index in [4.69, 9.17) is 13.9 Å². The molecule has 1 aliphatic rings. The highest BCUT2D eigenvalue weighted by atomic mass is 16.5. The van der Waals surface area contributed by atoms with E-state index < -0.39 is 5.41 Å². The summed E-state index contributed by atoms with van der Waals surface area (Å²) in [5, 5.41) is 0. The van der Waals surface area contributed by atoms with Crippen LogP contribution in [-0.2, 0) is 33.8 Å². The van der Waals surface area contributed by atoms with Crippen molar-refractivity contribution in [3.63, 3.8) is 0 Å². The SMILES string of the molecule is CCOC(=O)[C@]1(Cc2ccccc2C)CCCN(Cc2ccc(COC)o2)C1. The summed E-state index contributed by atoms with van der Waals surface area (Å²) in [5.41, 5.74) is 1.93. The molecule has 0 unspecified atom stereocenters. The van der Waals surface area contributed by atoms with Gasteiger partial charge in [0.1, 0.15) is 18.1 Å². The molecule has 3 rings (SSSR count). The van der Waals surface area contributed by atoms with Crippen LogP contribution in [0.4, 0.5) is 0 Å². The van der Waals surface area contributed by atoms with Gasteiger partial charge in [0.2, 0.25) is 0 Å². The molecule has 0 saturated carbocycles. The number of carbonyl (C=O) groups excluding carboxylic acids is 1. The Balaban J connectivity index is 1.78. The van der Waals surface area contributed by atoms with Gasteiger partial charge in [-0.1, -0.05) is 24.3 Å². The minimum absolute atomic E-state index is 0.0810. The van der Waals surface area contributed by atoms with E-state index in [9.17, 15) is 4.79 Å². The largest absolute Gasteiger partial charge is 0.466 e. The van der Waals surface area contributed by atoms with Gasteiger partial charge in [0, 0.05) is 13.7 Å². The molecule has 28 heavy (non-hydrogen) atoms. The molecule has 152 valence electrons. The molecule has 1 aliphatic heterocycles. The zero-order valence-electron chi connectivity index (χ0n) is 17.2. The van der Waals surface area contributed by atoms with Gasteiger partial charge < -0.3 is 13.9 Å². The standard InChI is InChI=1S/C23H31NO4/c1-4-27-22(25)23(14-19-9-6-5-8-18(19)2)12-7-13-24(17-23)15-20-10-11-21(28-20)16-26-3/h5-6,8-11H,4,7,12-17H2,1-3H3/t23-/m0/s1. The van der Waals surface area contributed by atoms with E-state index in [0.29, 0.717) is 32.7 Å². The molecule has 0 bridgehead atoms. The van der Waals surface area contributed by atoms with Crippen molar-refractivity contribution in [2.45, 2.75) is 46.3 Å². The van der Waals surface area contributed by atoms with Crippen LogP contribution in [0.15, 0.2) is 40.8 Å². The Hall–Kier alpha value is -2.11. The number of methoxy groups -OCH3 is 1. The van der Waals surface area contributed by atoms with Crippen molar-refractivity contribution in [3.8, 4) is 0 Å². The summed E-state index contributed by atoms with van der Waals surface area (Å²) in [6.07, 6.45) is 2.53. The number of nitrogens with zero attached hydrogens (tertiary/aromatic N) is 1. The first kappa shape index (κ1) is 20.6. The predicted molar refractivity (Wildman–Crippen MR) is 108 cm³/mol. The predicted octanol–water partition coefficient (Wildman–Crippen LogP) is 4.12. The Labute approximate surface area is 167 Å². The first-order chi connectivity index (χ1) is 13.6. The number of hydrogen-bond donors (Lipinski definition) is 0. The first-order valence-electron chi connectivity index (χ1n) is 10.1. The minimum Gasteiger partial charge on any atom is -0.466 e. The van der Waals surface area contributed by atoms with E-state index in [0.717, 1.165) is 30.9 Å². The molecular weight excluding hydrogens is 354 g/mol. The van der Waals surface area contributed by atoms with E-state index in [1.54, 1.807) is 7.11 Å². The average Bonchev–Trinajstić information content (AvgIpc) is 3.11. The quantitative estimate of drug-likeness (QED) is 0.640. The third-order valence-corrected chi connectivity index (χ3v) is 5.54. The fraction of sp³-hybridized carbons (Fsp3) is 0.522. The lowest BCUT2D eigenvalue weighted by Crippen LogP contribution is -2.49. The molecule has 2 aromatic rings. The summed E-state index contributed by atoms with van der Waals surface area (Å²) in [6, 6.07) is 12.3. The van der Waals surface area contributed by atoms with Gasteiger partial charge in [-0.2, -0.15) is 0 Å². The van der Waals surface area contributed by atoms with Gasteiger partial charge in [0.15, 0.2) is 0 Å². The van der Waals surface area contributed by atoms with E-state index in [2.05, 4.69) is 24.0 Å². The summed E-state index contributed by atoms with van der Waals surface area (Å²) in [6.45, 7) is 7.19. The molecule has 1 aromatic carbocycles. The zero-order chi connectivity index (χ0) is 20.0. The third-order valence-electron chi connectivity index (χ3n) is 5.54. The normalized spacial score (nSPS) is 20.2. The molecule has 5 heteroatoms. The van der Waals surface area contributed by atoms with E-state index in [1.807, 2.05) is 31.2 Å². The van der Waals surface area contributed by atoms with Crippen LogP contribution in [0.5, 0.6) is 0 Å². The number of ether oxygens (including phenoxy) is 2. The molecule has 0 aliphatic carbocycles. The highest BCUT2D eigenvalue weighted by Gasteiger charge is 2.43. The van der Waals surface area contributed by atoms with Crippen LogP contribution in [-0.4, -0.2) is 37.7 Å². The van der Waals surface area contributed by atoms with Crippen LogP contribution in [0.1, 0.15) is 42.4 Å². The molecular formula is C23H31NO4. The molecule has 1 saturated heterocycles. The lowest BCUT2D eigenvalue weighted by molar-refractivity contribution is -0.159. The van der Waals surface area contributed by atoms with Crippen molar-refractivity contribution in [3.05, 3.63) is 59.0 Å². The monoisotopic (exact) mass is 385 g/mol. The smallest absolute Gasteiger partial charge is 0.313 e. The maximum atomic E-state index is 13.0.